The molecular formula is C14H17NO4. The molecule has 0 spiro atoms. The summed E-state index contributed by atoms with van der Waals surface area (Å²) in [6.45, 7) is 3.72. The summed E-state index contributed by atoms with van der Waals surface area (Å²) >= 11 is 0. The zero-order valence-electron chi connectivity index (χ0n) is 11.0. The van der Waals surface area contributed by atoms with Crippen molar-refractivity contribution >= 4 is 11.9 Å². The van der Waals surface area contributed by atoms with Gasteiger partial charge in [-0.2, -0.15) is 0 Å². The van der Waals surface area contributed by atoms with Gasteiger partial charge in [0, 0.05) is 18.5 Å². The average Bonchev–Trinajstić information content (AvgIpc) is 2.71. The number of hydrogen-bond acceptors (Lipinski definition) is 3. The molecule has 0 unspecified atom stereocenters. The summed E-state index contributed by atoms with van der Waals surface area (Å²) in [5.41, 5.74) is 2.16. The summed E-state index contributed by atoms with van der Waals surface area (Å²) in [4.78, 5) is 24.9. The van der Waals surface area contributed by atoms with E-state index in [0.29, 0.717) is 5.56 Å². The molecule has 5 nitrogen and oxygen atoms in total. The zero-order valence-corrected chi connectivity index (χ0v) is 11.0. The molecule has 1 aromatic carbocycles. The number of likely N-dealkylation sites (tertiary alicyclic amines) is 1. The minimum absolute atomic E-state index is 0.0730. The SMILES string of the molecule is Cc1cccc(C)c1C(=O)N1C[C@H](O)C[C@@H]1C(=O)O. The number of benzene rings is 1. The normalized spacial score (nSPS) is 22.6. The number of amides is 1. The van der Waals surface area contributed by atoms with Crippen molar-refractivity contribution in [2.45, 2.75) is 32.4 Å². The Morgan fingerprint density at radius 1 is 1.26 bits per heavy atom. The molecule has 1 heterocycles. The number of carboxylic acids is 1. The predicted molar refractivity (Wildman–Crippen MR) is 69.0 cm³/mol. The van der Waals surface area contributed by atoms with E-state index in [2.05, 4.69) is 0 Å². The molecule has 2 rings (SSSR count). The average molecular weight is 263 g/mol. The Morgan fingerprint density at radius 3 is 2.37 bits per heavy atom. The van der Waals surface area contributed by atoms with Crippen molar-refractivity contribution in [2.24, 2.45) is 0 Å². The van der Waals surface area contributed by atoms with Gasteiger partial charge in [-0.1, -0.05) is 18.2 Å². The van der Waals surface area contributed by atoms with E-state index in [0.717, 1.165) is 11.1 Å². The Hall–Kier alpha value is -1.88. The van der Waals surface area contributed by atoms with E-state index in [4.69, 9.17) is 5.11 Å². The molecule has 1 fully saturated rings. The summed E-state index contributed by atoms with van der Waals surface area (Å²) in [6.07, 6.45) is -0.680. The van der Waals surface area contributed by atoms with Crippen LogP contribution in [-0.2, 0) is 4.79 Å². The molecule has 2 atom stereocenters. The first kappa shape index (κ1) is 13.5. The number of rotatable bonds is 2. The van der Waals surface area contributed by atoms with Gasteiger partial charge in [0.25, 0.3) is 5.91 Å². The van der Waals surface area contributed by atoms with E-state index < -0.39 is 18.1 Å². The van der Waals surface area contributed by atoms with Gasteiger partial charge in [0.1, 0.15) is 6.04 Å². The number of aliphatic carboxylic acids is 1. The number of carbonyl (C=O) groups is 2. The third-order valence-corrected chi connectivity index (χ3v) is 3.52. The molecule has 19 heavy (non-hydrogen) atoms. The van der Waals surface area contributed by atoms with Gasteiger partial charge in [-0.15, -0.1) is 0 Å². The molecule has 0 aromatic heterocycles. The summed E-state index contributed by atoms with van der Waals surface area (Å²) in [7, 11) is 0. The van der Waals surface area contributed by atoms with E-state index in [-0.39, 0.29) is 18.9 Å². The van der Waals surface area contributed by atoms with Crippen molar-refractivity contribution in [3.8, 4) is 0 Å². The molecule has 0 aliphatic carbocycles. The number of aliphatic hydroxyl groups excluding tert-OH is 1. The first-order valence-electron chi connectivity index (χ1n) is 6.20. The van der Waals surface area contributed by atoms with Gasteiger partial charge in [0.2, 0.25) is 0 Å². The van der Waals surface area contributed by atoms with E-state index in [1.165, 1.54) is 4.90 Å². The van der Waals surface area contributed by atoms with Gasteiger partial charge in [-0.05, 0) is 25.0 Å². The van der Waals surface area contributed by atoms with E-state index in [9.17, 15) is 14.7 Å². The second-order valence-corrected chi connectivity index (χ2v) is 4.97. The van der Waals surface area contributed by atoms with Crippen LogP contribution in [0.5, 0.6) is 0 Å². The minimum atomic E-state index is -1.07. The van der Waals surface area contributed by atoms with Crippen LogP contribution < -0.4 is 0 Å². The van der Waals surface area contributed by atoms with Crippen LogP contribution in [-0.4, -0.2) is 45.7 Å². The van der Waals surface area contributed by atoms with E-state index >= 15 is 0 Å². The molecule has 0 saturated carbocycles. The summed E-state index contributed by atoms with van der Waals surface area (Å²) in [5.74, 6) is -1.39. The highest BCUT2D eigenvalue weighted by molar-refractivity contribution is 5.99. The van der Waals surface area contributed by atoms with Crippen molar-refractivity contribution in [1.29, 1.82) is 0 Å². The summed E-state index contributed by atoms with van der Waals surface area (Å²) < 4.78 is 0. The number of aryl methyl sites for hydroxylation is 2. The highest BCUT2D eigenvalue weighted by atomic mass is 16.4. The van der Waals surface area contributed by atoms with Crippen molar-refractivity contribution < 1.29 is 19.8 Å². The van der Waals surface area contributed by atoms with Gasteiger partial charge in [0.05, 0.1) is 6.10 Å². The molecule has 1 aromatic rings. The molecule has 1 saturated heterocycles. The van der Waals surface area contributed by atoms with Crippen LogP contribution in [0, 0.1) is 13.8 Å². The Kier molecular flexibility index (Phi) is 3.57. The van der Waals surface area contributed by atoms with Gasteiger partial charge >= 0.3 is 5.97 Å². The highest BCUT2D eigenvalue weighted by Crippen LogP contribution is 2.23. The molecule has 1 aliphatic rings. The summed E-state index contributed by atoms with van der Waals surface area (Å²) in [6, 6.07) is 4.56. The fraction of sp³-hybridized carbons (Fsp3) is 0.429. The molecule has 1 aliphatic heterocycles. The lowest BCUT2D eigenvalue weighted by molar-refractivity contribution is -0.141. The molecule has 5 heteroatoms. The molecule has 0 radical (unpaired) electrons. The fourth-order valence-corrected chi connectivity index (χ4v) is 2.57. The standard InChI is InChI=1S/C14H17NO4/c1-8-4-3-5-9(2)12(8)13(17)15-7-10(16)6-11(15)14(18)19/h3-5,10-11,16H,6-7H2,1-2H3,(H,18,19)/t10-,11-/m1/s1. The number of carbonyl (C=O) groups excluding carboxylic acids is 1. The fourth-order valence-electron chi connectivity index (χ4n) is 2.57. The van der Waals surface area contributed by atoms with Crippen LogP contribution in [0.1, 0.15) is 27.9 Å². The summed E-state index contributed by atoms with van der Waals surface area (Å²) in [5, 5.41) is 18.7. The van der Waals surface area contributed by atoms with Crippen LogP contribution in [0.4, 0.5) is 0 Å². The molecule has 2 N–H and O–H groups in total. The Labute approximate surface area is 111 Å². The monoisotopic (exact) mass is 263 g/mol. The maximum atomic E-state index is 12.5. The molecule has 0 bridgehead atoms. The largest absolute Gasteiger partial charge is 0.480 e. The van der Waals surface area contributed by atoms with E-state index in [1.54, 1.807) is 0 Å². The Bertz CT molecular complexity index is 506. The second-order valence-electron chi connectivity index (χ2n) is 4.97. The zero-order chi connectivity index (χ0) is 14.2. The first-order valence-corrected chi connectivity index (χ1v) is 6.20. The van der Waals surface area contributed by atoms with Crippen LogP contribution >= 0.6 is 0 Å². The topological polar surface area (TPSA) is 77.8 Å². The Morgan fingerprint density at radius 2 is 1.84 bits per heavy atom. The first-order chi connectivity index (χ1) is 8.91. The van der Waals surface area contributed by atoms with Gasteiger partial charge in [-0.25, -0.2) is 4.79 Å². The quantitative estimate of drug-likeness (QED) is 0.833. The number of nitrogens with zero attached hydrogens (tertiary/aromatic N) is 1. The van der Waals surface area contributed by atoms with Crippen LogP contribution in [0.2, 0.25) is 0 Å². The maximum Gasteiger partial charge on any atom is 0.326 e. The molecular weight excluding hydrogens is 246 g/mol. The van der Waals surface area contributed by atoms with Crippen molar-refractivity contribution in [1.82, 2.24) is 4.90 Å². The van der Waals surface area contributed by atoms with Gasteiger partial charge in [0.15, 0.2) is 0 Å². The number of aliphatic hydroxyl groups is 1. The third kappa shape index (κ3) is 2.46. The number of β-amino-alcohol motifs (C(OH)–C–C–N with tert-alkyl or cyclic N) is 1. The van der Waals surface area contributed by atoms with E-state index in [1.807, 2.05) is 32.0 Å². The van der Waals surface area contributed by atoms with Gasteiger partial charge in [-0.3, -0.25) is 4.79 Å². The minimum Gasteiger partial charge on any atom is -0.480 e. The lowest BCUT2D eigenvalue weighted by Gasteiger charge is -2.23. The predicted octanol–water partition coefficient (Wildman–Crippen LogP) is 0.963. The maximum absolute atomic E-state index is 12.5. The van der Waals surface area contributed by atoms with Crippen molar-refractivity contribution in [2.75, 3.05) is 6.54 Å². The van der Waals surface area contributed by atoms with Crippen LogP contribution in [0.3, 0.4) is 0 Å². The van der Waals surface area contributed by atoms with Crippen LogP contribution in [0.25, 0.3) is 0 Å². The van der Waals surface area contributed by atoms with Gasteiger partial charge < -0.3 is 15.1 Å². The highest BCUT2D eigenvalue weighted by Gasteiger charge is 2.39. The lowest BCUT2D eigenvalue weighted by atomic mass is 10.0. The molecule has 1 amide bonds. The lowest BCUT2D eigenvalue weighted by Crippen LogP contribution is -2.41. The van der Waals surface area contributed by atoms with Crippen LogP contribution in [0.15, 0.2) is 18.2 Å². The second kappa shape index (κ2) is 5.01. The molecule has 102 valence electrons. The van der Waals surface area contributed by atoms with Crippen molar-refractivity contribution in [3.05, 3.63) is 34.9 Å². The number of carboxylic acid groups (broad SMARTS) is 1. The van der Waals surface area contributed by atoms with Crippen molar-refractivity contribution in [3.63, 3.8) is 0 Å². The smallest absolute Gasteiger partial charge is 0.326 e. The Balaban J connectivity index is 2.36. The number of hydrogen-bond donors (Lipinski definition) is 2. The third-order valence-electron chi connectivity index (χ3n) is 3.52.